The lowest BCUT2D eigenvalue weighted by atomic mass is 10.1. The molecule has 0 amide bonds. The summed E-state index contributed by atoms with van der Waals surface area (Å²) in [5, 5.41) is 22.4. The molecule has 8 heteroatoms. The Morgan fingerprint density at radius 3 is 3.00 bits per heavy atom. The maximum absolute atomic E-state index is 11.0. The smallest absolute Gasteiger partial charge is 0.339 e. The van der Waals surface area contributed by atoms with E-state index in [1.165, 1.54) is 12.1 Å². The number of aromatic nitrogens is 3. The third-order valence-electron chi connectivity index (χ3n) is 3.25. The number of aromatic amines is 1. The molecule has 22 heavy (non-hydrogen) atoms. The second kappa shape index (κ2) is 5.24. The number of H-pyrrole nitrogens is 1. The monoisotopic (exact) mass is 299 g/mol. The van der Waals surface area contributed by atoms with E-state index in [4.69, 9.17) is 10.8 Å². The van der Waals surface area contributed by atoms with Crippen LogP contribution in [0.25, 0.3) is 11.0 Å². The molecule has 0 atom stereocenters. The van der Waals surface area contributed by atoms with Gasteiger partial charge in [0.25, 0.3) is 0 Å². The van der Waals surface area contributed by atoms with Crippen LogP contribution in [0.4, 0.5) is 11.6 Å². The number of carboxylic acids is 1. The number of nitrogens with zero attached hydrogens (tertiary/aromatic N) is 2. The highest BCUT2D eigenvalue weighted by Gasteiger charge is 2.11. The number of carbonyl (C=O) groups is 1. The lowest BCUT2D eigenvalue weighted by Gasteiger charge is -2.07. The largest absolute Gasteiger partial charge is 0.507 e. The van der Waals surface area contributed by atoms with Gasteiger partial charge in [0.15, 0.2) is 0 Å². The topological polar surface area (TPSA) is 137 Å². The number of benzene rings is 1. The second-order valence-electron chi connectivity index (χ2n) is 4.70. The predicted octanol–water partition coefficient (Wildman–Crippen LogP) is 1.56. The van der Waals surface area contributed by atoms with Gasteiger partial charge in [0.05, 0.1) is 0 Å². The van der Waals surface area contributed by atoms with Gasteiger partial charge in [0, 0.05) is 30.0 Å². The van der Waals surface area contributed by atoms with E-state index in [0.29, 0.717) is 17.9 Å². The molecule has 0 spiro atoms. The molecule has 0 aliphatic carbocycles. The van der Waals surface area contributed by atoms with Gasteiger partial charge in [-0.15, -0.1) is 0 Å². The zero-order valence-electron chi connectivity index (χ0n) is 11.4. The van der Waals surface area contributed by atoms with Gasteiger partial charge in [-0.1, -0.05) is 0 Å². The van der Waals surface area contributed by atoms with E-state index in [1.54, 1.807) is 18.5 Å². The van der Waals surface area contributed by atoms with Crippen LogP contribution >= 0.6 is 0 Å². The molecular formula is C14H13N5O3. The summed E-state index contributed by atoms with van der Waals surface area (Å²) in [4.78, 5) is 22.0. The van der Waals surface area contributed by atoms with Crippen molar-refractivity contribution in [2.24, 2.45) is 0 Å². The summed E-state index contributed by atoms with van der Waals surface area (Å²) < 4.78 is 0. The molecule has 8 nitrogen and oxygen atoms in total. The van der Waals surface area contributed by atoms with Crippen molar-refractivity contribution < 1.29 is 15.0 Å². The molecule has 0 saturated carbocycles. The van der Waals surface area contributed by atoms with Gasteiger partial charge in [-0.3, -0.25) is 0 Å². The summed E-state index contributed by atoms with van der Waals surface area (Å²) in [7, 11) is 0. The van der Waals surface area contributed by atoms with Crippen molar-refractivity contribution in [3.05, 3.63) is 41.7 Å². The highest BCUT2D eigenvalue weighted by molar-refractivity contribution is 5.92. The Labute approximate surface area is 124 Å². The number of hydrogen-bond donors (Lipinski definition) is 5. The molecule has 0 aliphatic rings. The highest BCUT2D eigenvalue weighted by atomic mass is 16.4. The van der Waals surface area contributed by atoms with Crippen molar-refractivity contribution >= 4 is 28.6 Å². The van der Waals surface area contributed by atoms with Crippen LogP contribution in [-0.4, -0.2) is 31.1 Å². The minimum Gasteiger partial charge on any atom is -0.507 e. The van der Waals surface area contributed by atoms with Crippen molar-refractivity contribution in [3.63, 3.8) is 0 Å². The standard InChI is InChI=1S/C14H13N5O3/c15-14-18-6-10-7(5-17-12(10)19-14)4-16-8-1-2-11(20)9(3-8)13(21)22/h1-3,5-6,16,20H,4H2,(H,21,22)(H3,15,17,18,19). The molecular weight excluding hydrogens is 286 g/mol. The number of nitrogens with one attached hydrogen (secondary N) is 2. The number of fused-ring (bicyclic) bond motifs is 1. The van der Waals surface area contributed by atoms with Crippen LogP contribution in [0.5, 0.6) is 5.75 Å². The molecule has 0 bridgehead atoms. The zero-order chi connectivity index (χ0) is 15.7. The number of nitrogen functional groups attached to an aromatic ring is 1. The molecule has 0 radical (unpaired) electrons. The Morgan fingerprint density at radius 1 is 1.41 bits per heavy atom. The van der Waals surface area contributed by atoms with Crippen LogP contribution in [0.15, 0.2) is 30.6 Å². The fraction of sp³-hybridized carbons (Fsp3) is 0.0714. The van der Waals surface area contributed by atoms with Crippen LogP contribution in [-0.2, 0) is 6.54 Å². The molecule has 1 aromatic carbocycles. The number of hydrogen-bond acceptors (Lipinski definition) is 6. The first-order valence-corrected chi connectivity index (χ1v) is 6.43. The molecule has 0 fully saturated rings. The fourth-order valence-electron chi connectivity index (χ4n) is 2.13. The average molecular weight is 299 g/mol. The summed E-state index contributed by atoms with van der Waals surface area (Å²) in [6.07, 6.45) is 3.41. The highest BCUT2D eigenvalue weighted by Crippen LogP contribution is 2.23. The van der Waals surface area contributed by atoms with Gasteiger partial charge in [-0.2, -0.15) is 4.98 Å². The molecule has 3 rings (SSSR count). The molecule has 0 saturated heterocycles. The van der Waals surface area contributed by atoms with E-state index in [-0.39, 0.29) is 17.3 Å². The number of anilines is 2. The van der Waals surface area contributed by atoms with E-state index in [0.717, 1.165) is 10.9 Å². The summed E-state index contributed by atoms with van der Waals surface area (Å²) >= 11 is 0. The Morgan fingerprint density at radius 2 is 2.23 bits per heavy atom. The van der Waals surface area contributed by atoms with Gasteiger partial charge in [-0.05, 0) is 23.8 Å². The fourth-order valence-corrected chi connectivity index (χ4v) is 2.13. The number of phenols is 1. The first kappa shape index (κ1) is 13.7. The molecule has 0 aliphatic heterocycles. The molecule has 3 aromatic rings. The van der Waals surface area contributed by atoms with Crippen molar-refractivity contribution in [2.45, 2.75) is 6.54 Å². The first-order valence-electron chi connectivity index (χ1n) is 6.43. The Kier molecular flexibility index (Phi) is 3.26. The first-order chi connectivity index (χ1) is 10.5. The summed E-state index contributed by atoms with van der Waals surface area (Å²) in [6.45, 7) is 0.442. The lowest BCUT2D eigenvalue weighted by Crippen LogP contribution is -2.02. The normalized spacial score (nSPS) is 10.7. The van der Waals surface area contributed by atoms with Crippen molar-refractivity contribution in [3.8, 4) is 5.75 Å². The van der Waals surface area contributed by atoms with Crippen LogP contribution in [0.2, 0.25) is 0 Å². The molecule has 2 heterocycles. The van der Waals surface area contributed by atoms with Gasteiger partial charge >= 0.3 is 5.97 Å². The third kappa shape index (κ3) is 2.49. The number of aromatic carboxylic acids is 1. The Bertz CT molecular complexity index is 859. The van der Waals surface area contributed by atoms with E-state index >= 15 is 0 Å². The van der Waals surface area contributed by atoms with E-state index in [9.17, 15) is 9.90 Å². The van der Waals surface area contributed by atoms with Gasteiger partial charge < -0.3 is 26.2 Å². The lowest BCUT2D eigenvalue weighted by molar-refractivity contribution is 0.0694. The van der Waals surface area contributed by atoms with Crippen LogP contribution in [0.3, 0.4) is 0 Å². The molecule has 6 N–H and O–H groups in total. The van der Waals surface area contributed by atoms with E-state index < -0.39 is 5.97 Å². The third-order valence-corrected chi connectivity index (χ3v) is 3.25. The van der Waals surface area contributed by atoms with Gasteiger partial charge in [-0.25, -0.2) is 9.78 Å². The molecule has 112 valence electrons. The minimum absolute atomic E-state index is 0.153. The number of aromatic hydroxyl groups is 1. The number of carboxylic acid groups (broad SMARTS) is 1. The van der Waals surface area contributed by atoms with Crippen LogP contribution < -0.4 is 11.1 Å². The number of nitrogens with two attached hydrogens (primary N) is 1. The van der Waals surface area contributed by atoms with Gasteiger partial charge in [0.1, 0.15) is 17.0 Å². The quantitative estimate of drug-likeness (QED) is 0.461. The van der Waals surface area contributed by atoms with Crippen LogP contribution in [0, 0.1) is 0 Å². The van der Waals surface area contributed by atoms with E-state index in [1.807, 2.05) is 0 Å². The van der Waals surface area contributed by atoms with Gasteiger partial charge in [0.2, 0.25) is 5.95 Å². The van der Waals surface area contributed by atoms with E-state index in [2.05, 4.69) is 20.3 Å². The number of rotatable bonds is 4. The van der Waals surface area contributed by atoms with Crippen molar-refractivity contribution in [1.29, 1.82) is 0 Å². The maximum Gasteiger partial charge on any atom is 0.339 e. The minimum atomic E-state index is -1.18. The van der Waals surface area contributed by atoms with Crippen molar-refractivity contribution in [1.82, 2.24) is 15.0 Å². The molecule has 2 aromatic heterocycles. The Hall–Kier alpha value is -3.29. The Balaban J connectivity index is 1.82. The summed E-state index contributed by atoms with van der Waals surface area (Å²) in [6, 6.07) is 4.32. The predicted molar refractivity (Wildman–Crippen MR) is 80.7 cm³/mol. The average Bonchev–Trinajstić information content (AvgIpc) is 2.88. The van der Waals surface area contributed by atoms with Crippen LogP contribution in [0.1, 0.15) is 15.9 Å². The summed E-state index contributed by atoms with van der Waals surface area (Å²) in [5.74, 6) is -1.26. The maximum atomic E-state index is 11.0. The van der Waals surface area contributed by atoms with Crippen molar-refractivity contribution in [2.75, 3.05) is 11.1 Å². The zero-order valence-corrected chi connectivity index (χ0v) is 11.4. The SMILES string of the molecule is Nc1ncc2c(CNc3ccc(O)c(C(=O)O)c3)c[nH]c2n1. The second-order valence-corrected chi connectivity index (χ2v) is 4.70. The summed E-state index contributed by atoms with van der Waals surface area (Å²) in [5.41, 5.74) is 7.51. The molecule has 0 unspecified atom stereocenters.